The number of aliphatic carboxylic acids is 1. The summed E-state index contributed by atoms with van der Waals surface area (Å²) >= 11 is 3.15. The van der Waals surface area contributed by atoms with Crippen molar-refractivity contribution in [2.75, 3.05) is 0 Å². The van der Waals surface area contributed by atoms with Gasteiger partial charge in [-0.25, -0.2) is 9.78 Å². The predicted molar refractivity (Wildman–Crippen MR) is 90.1 cm³/mol. The number of aryl methyl sites for hydroxylation is 1. The maximum Gasteiger partial charge on any atom is 0.332 e. The molecule has 0 aliphatic carbocycles. The molecule has 2 heterocycles. The van der Waals surface area contributed by atoms with E-state index in [1.165, 1.54) is 16.2 Å². The van der Waals surface area contributed by atoms with Gasteiger partial charge in [0.25, 0.3) is 5.56 Å². The average Bonchev–Trinajstić information content (AvgIpc) is 2.87. The first-order chi connectivity index (χ1) is 11.4. The van der Waals surface area contributed by atoms with E-state index in [-0.39, 0.29) is 22.4 Å². The van der Waals surface area contributed by atoms with Crippen LogP contribution in [0.1, 0.15) is 5.56 Å². The monoisotopic (exact) mass is 392 g/mol. The molecule has 0 aliphatic rings. The molecule has 0 radical (unpaired) electrons. The minimum atomic E-state index is -1.11. The van der Waals surface area contributed by atoms with E-state index in [1.54, 1.807) is 12.1 Å². The highest BCUT2D eigenvalue weighted by atomic mass is 79.9. The van der Waals surface area contributed by atoms with Gasteiger partial charge < -0.3 is 9.67 Å². The van der Waals surface area contributed by atoms with Crippen LogP contribution in [-0.2, 0) is 24.9 Å². The molecule has 0 amide bonds. The third-order valence-corrected chi connectivity index (χ3v) is 4.27. The lowest BCUT2D eigenvalue weighted by Gasteiger charge is -2.09. The molecule has 24 heavy (non-hydrogen) atoms. The number of carboxylic acid groups (broad SMARTS) is 1. The number of rotatable bonds is 4. The number of nitrogens with zero attached hydrogens (tertiary/aromatic N) is 4. The van der Waals surface area contributed by atoms with Crippen LogP contribution in [0.4, 0.5) is 0 Å². The molecule has 8 nitrogen and oxygen atoms in total. The second-order valence-corrected chi connectivity index (χ2v) is 5.96. The molecule has 0 spiro atoms. The van der Waals surface area contributed by atoms with Crippen molar-refractivity contribution in [3.63, 3.8) is 0 Å². The van der Waals surface area contributed by atoms with Crippen LogP contribution in [0.5, 0.6) is 0 Å². The first-order valence-corrected chi connectivity index (χ1v) is 7.80. The Balaban J connectivity index is 2.29. The summed E-state index contributed by atoms with van der Waals surface area (Å²) in [6.45, 7) is -0.339. The van der Waals surface area contributed by atoms with Crippen LogP contribution < -0.4 is 11.2 Å². The minimum Gasteiger partial charge on any atom is -0.480 e. The third-order valence-electron chi connectivity index (χ3n) is 3.66. The van der Waals surface area contributed by atoms with Crippen molar-refractivity contribution in [1.82, 2.24) is 18.7 Å². The fraction of sp³-hybridized carbons (Fsp3) is 0.200. The highest BCUT2D eigenvalue weighted by Crippen LogP contribution is 2.16. The predicted octanol–water partition coefficient (Wildman–Crippen LogP) is 0.792. The average molecular weight is 393 g/mol. The van der Waals surface area contributed by atoms with Crippen molar-refractivity contribution in [3.8, 4) is 0 Å². The van der Waals surface area contributed by atoms with Crippen molar-refractivity contribution >= 4 is 33.1 Å². The topological polar surface area (TPSA) is 99.1 Å². The van der Waals surface area contributed by atoms with E-state index < -0.39 is 23.8 Å². The Morgan fingerprint density at radius 1 is 1.21 bits per heavy atom. The maximum atomic E-state index is 12.8. The van der Waals surface area contributed by atoms with Gasteiger partial charge in [0.15, 0.2) is 15.9 Å². The van der Waals surface area contributed by atoms with Crippen molar-refractivity contribution in [2.45, 2.75) is 13.1 Å². The number of aromatic nitrogens is 4. The summed E-state index contributed by atoms with van der Waals surface area (Å²) in [5, 5.41) is 9.04. The summed E-state index contributed by atoms with van der Waals surface area (Å²) in [4.78, 5) is 40.4. The van der Waals surface area contributed by atoms with E-state index in [9.17, 15) is 14.4 Å². The highest BCUT2D eigenvalue weighted by molar-refractivity contribution is 9.10. The van der Waals surface area contributed by atoms with Gasteiger partial charge in [-0.1, -0.05) is 30.3 Å². The number of halogens is 1. The zero-order valence-electron chi connectivity index (χ0n) is 12.6. The molecule has 0 saturated heterocycles. The molecule has 0 bridgehead atoms. The second kappa shape index (κ2) is 6.08. The lowest BCUT2D eigenvalue weighted by molar-refractivity contribution is -0.137. The SMILES string of the molecule is Cn1c(=O)n(Cc2ccccc2)c(=O)c2c1nc(Br)n2CC(=O)O. The lowest BCUT2D eigenvalue weighted by Crippen LogP contribution is -2.40. The molecule has 2 aromatic heterocycles. The Morgan fingerprint density at radius 2 is 1.88 bits per heavy atom. The van der Waals surface area contributed by atoms with Gasteiger partial charge in [0.1, 0.15) is 6.54 Å². The second-order valence-electron chi connectivity index (χ2n) is 5.25. The zero-order chi connectivity index (χ0) is 17.4. The van der Waals surface area contributed by atoms with Gasteiger partial charge in [0.2, 0.25) is 0 Å². The Morgan fingerprint density at radius 3 is 2.50 bits per heavy atom. The Hall–Kier alpha value is -2.68. The van der Waals surface area contributed by atoms with Crippen LogP contribution in [0, 0.1) is 0 Å². The quantitative estimate of drug-likeness (QED) is 0.661. The van der Waals surface area contributed by atoms with Crippen LogP contribution in [-0.4, -0.2) is 29.8 Å². The van der Waals surface area contributed by atoms with Gasteiger partial charge in [-0.05, 0) is 21.5 Å². The number of benzene rings is 1. The Bertz CT molecular complexity index is 1050. The lowest BCUT2D eigenvalue weighted by atomic mass is 10.2. The van der Waals surface area contributed by atoms with Crippen LogP contribution in [0.25, 0.3) is 11.2 Å². The van der Waals surface area contributed by atoms with E-state index in [2.05, 4.69) is 20.9 Å². The molecular weight excluding hydrogens is 380 g/mol. The van der Waals surface area contributed by atoms with E-state index in [4.69, 9.17) is 5.11 Å². The fourth-order valence-corrected chi connectivity index (χ4v) is 3.00. The fourth-order valence-electron chi connectivity index (χ4n) is 2.53. The number of carboxylic acids is 1. The minimum absolute atomic E-state index is 0.0716. The van der Waals surface area contributed by atoms with Crippen LogP contribution in [0.3, 0.4) is 0 Å². The largest absolute Gasteiger partial charge is 0.480 e. The molecule has 3 aromatic rings. The molecule has 0 unspecified atom stereocenters. The molecule has 9 heteroatoms. The molecule has 0 aliphatic heterocycles. The summed E-state index contributed by atoms with van der Waals surface area (Å²) in [6, 6.07) is 9.08. The van der Waals surface area contributed by atoms with E-state index >= 15 is 0 Å². The van der Waals surface area contributed by atoms with Gasteiger partial charge in [-0.15, -0.1) is 0 Å². The highest BCUT2D eigenvalue weighted by Gasteiger charge is 2.20. The standard InChI is InChI=1S/C15H13BrN4O4/c1-18-12-11(19(8-10(21)22)14(16)17-12)13(23)20(15(18)24)7-9-5-3-2-4-6-9/h2-6H,7-8H2,1H3,(H,21,22). The molecule has 1 aromatic carbocycles. The smallest absolute Gasteiger partial charge is 0.332 e. The van der Waals surface area contributed by atoms with Gasteiger partial charge in [0.05, 0.1) is 6.54 Å². The van der Waals surface area contributed by atoms with E-state index in [0.29, 0.717) is 0 Å². The molecule has 1 N–H and O–H groups in total. The Labute approximate surface area is 143 Å². The molecule has 0 atom stereocenters. The first-order valence-electron chi connectivity index (χ1n) is 7.01. The van der Waals surface area contributed by atoms with Crippen LogP contribution in [0.15, 0.2) is 44.7 Å². The summed E-state index contributed by atoms with van der Waals surface area (Å²) < 4.78 is 3.73. The Kier molecular flexibility index (Phi) is 4.10. The maximum absolute atomic E-state index is 12.8. The summed E-state index contributed by atoms with van der Waals surface area (Å²) in [5.41, 5.74) is -0.0793. The van der Waals surface area contributed by atoms with E-state index in [0.717, 1.165) is 10.1 Å². The zero-order valence-corrected chi connectivity index (χ0v) is 14.2. The van der Waals surface area contributed by atoms with Crippen LogP contribution >= 0.6 is 15.9 Å². The van der Waals surface area contributed by atoms with Crippen LogP contribution in [0.2, 0.25) is 0 Å². The molecule has 3 rings (SSSR count). The number of imidazole rings is 1. The van der Waals surface area contributed by atoms with Gasteiger partial charge in [0, 0.05) is 7.05 Å². The number of hydrogen-bond acceptors (Lipinski definition) is 4. The first kappa shape index (κ1) is 16.2. The van der Waals surface area contributed by atoms with Gasteiger partial charge in [-0.3, -0.25) is 18.7 Å². The molecule has 0 fully saturated rings. The summed E-state index contributed by atoms with van der Waals surface area (Å²) in [6.07, 6.45) is 0. The number of hydrogen-bond donors (Lipinski definition) is 1. The number of carbonyl (C=O) groups is 1. The number of fused-ring (bicyclic) bond motifs is 1. The van der Waals surface area contributed by atoms with Crippen molar-refractivity contribution in [3.05, 3.63) is 61.5 Å². The van der Waals surface area contributed by atoms with E-state index in [1.807, 2.05) is 18.2 Å². The molecular formula is C15H13BrN4O4. The summed E-state index contributed by atoms with van der Waals surface area (Å²) in [5.74, 6) is -1.11. The van der Waals surface area contributed by atoms with Gasteiger partial charge >= 0.3 is 11.7 Å². The normalized spacial score (nSPS) is 11.1. The molecule has 0 saturated carbocycles. The summed E-state index contributed by atoms with van der Waals surface area (Å²) in [7, 11) is 1.50. The van der Waals surface area contributed by atoms with Crippen molar-refractivity contribution in [2.24, 2.45) is 7.05 Å². The van der Waals surface area contributed by atoms with Gasteiger partial charge in [-0.2, -0.15) is 0 Å². The molecule has 124 valence electrons. The van der Waals surface area contributed by atoms with Crippen molar-refractivity contribution < 1.29 is 9.90 Å². The third kappa shape index (κ3) is 2.67. The van der Waals surface area contributed by atoms with Crippen molar-refractivity contribution in [1.29, 1.82) is 0 Å².